The van der Waals surface area contributed by atoms with Gasteiger partial charge in [0.1, 0.15) is 19.3 Å². The van der Waals surface area contributed by atoms with Gasteiger partial charge < -0.3 is 33.8 Å². The molecule has 0 bridgehead atoms. The Morgan fingerprint density at radius 3 is 0.696 bits per heavy atom. The van der Waals surface area contributed by atoms with Crippen LogP contribution in [0.25, 0.3) is 0 Å². The lowest BCUT2D eigenvalue weighted by Crippen LogP contribution is -2.30. The van der Waals surface area contributed by atoms with Crippen molar-refractivity contribution < 1.29 is 80.2 Å². The number of phosphoric acid groups is 2. The second-order valence-corrected chi connectivity index (χ2v) is 34.2. The van der Waals surface area contributed by atoms with Crippen molar-refractivity contribution in [3.8, 4) is 0 Å². The third-order valence-electron chi connectivity index (χ3n) is 20.0. The molecule has 0 heterocycles. The van der Waals surface area contributed by atoms with E-state index in [0.717, 1.165) is 114 Å². The number of carbonyl (C=O) groups is 4. The largest absolute Gasteiger partial charge is 0.472 e. The quantitative estimate of drug-likeness (QED) is 0.0222. The monoisotopic (exact) mass is 1490 g/mol. The Bertz CT molecular complexity index is 1990. The van der Waals surface area contributed by atoms with E-state index < -0.39 is 97.5 Å². The molecule has 0 saturated carbocycles. The van der Waals surface area contributed by atoms with Crippen molar-refractivity contribution in [1.82, 2.24) is 0 Å². The molecule has 0 aromatic heterocycles. The average Bonchev–Trinajstić information content (AvgIpc) is 0.938. The SMILES string of the molecule is CCC(C)CCCCCCCCCCCCCCCCCCCCC(=O)OC[C@H](COP(=O)(O)OC[C@@H](O)COP(=O)(O)OC[C@@H](COC(=O)CCCCCCCCC(C)C)OC(=O)CCCCCCCCCCCCC(C)CC)OC(=O)CCCCCCCCCCCCCCCCC(C)C. The third-order valence-corrected chi connectivity index (χ3v) is 21.9. The fourth-order valence-corrected chi connectivity index (χ4v) is 14.3. The van der Waals surface area contributed by atoms with E-state index in [4.69, 9.17) is 37.0 Å². The van der Waals surface area contributed by atoms with Gasteiger partial charge in [-0.2, -0.15) is 0 Å². The Labute approximate surface area is 626 Å². The van der Waals surface area contributed by atoms with E-state index in [9.17, 15) is 43.2 Å². The fourth-order valence-electron chi connectivity index (χ4n) is 12.7. The number of ether oxygens (including phenoxy) is 4. The predicted molar refractivity (Wildman–Crippen MR) is 418 cm³/mol. The van der Waals surface area contributed by atoms with Crippen LogP contribution in [0, 0.1) is 23.7 Å². The summed E-state index contributed by atoms with van der Waals surface area (Å²) in [4.78, 5) is 73.0. The standard InChI is InChI=1S/C83H162O17P2/c1-9-75(7)61-53-45-36-30-24-20-15-13-11-12-14-16-21-25-32-38-47-55-63-80(85)93-69-78(99-82(87)65-57-49-39-33-26-22-18-17-19-23-29-35-43-51-59-73(3)4)71-97-101(89,90)95-67-77(84)68-96-102(91,92)98-72-79(70-94-81(86)64-56-48-42-41-44-52-60-74(5)6)100-83(88)66-58-50-40-34-28-27-31-37-46-54-62-76(8)10-2/h73-79,84H,9-72H2,1-8H3,(H,89,90)(H,91,92)/t75?,76?,77-,78-,79-/m1/s1. The Balaban J connectivity index is 5.20. The lowest BCUT2D eigenvalue weighted by Gasteiger charge is -2.21. The number of carbonyl (C=O) groups excluding carboxylic acids is 4. The van der Waals surface area contributed by atoms with Crippen molar-refractivity contribution in [2.24, 2.45) is 23.7 Å². The first kappa shape index (κ1) is 100. The van der Waals surface area contributed by atoms with Crippen molar-refractivity contribution in [2.75, 3.05) is 39.6 Å². The number of hydrogen-bond acceptors (Lipinski definition) is 15. The maximum Gasteiger partial charge on any atom is 0.472 e. The molecule has 0 aromatic carbocycles. The van der Waals surface area contributed by atoms with Crippen molar-refractivity contribution in [3.63, 3.8) is 0 Å². The van der Waals surface area contributed by atoms with E-state index in [2.05, 4.69) is 55.4 Å². The number of phosphoric ester groups is 2. The fraction of sp³-hybridized carbons (Fsp3) is 0.952. The predicted octanol–water partition coefficient (Wildman–Crippen LogP) is 24.8. The van der Waals surface area contributed by atoms with Crippen LogP contribution in [0.15, 0.2) is 0 Å². The van der Waals surface area contributed by atoms with Crippen LogP contribution in [0.2, 0.25) is 0 Å². The molecule has 0 aliphatic heterocycles. The number of rotatable bonds is 80. The zero-order valence-corrected chi connectivity index (χ0v) is 69.0. The van der Waals surface area contributed by atoms with Gasteiger partial charge in [-0.3, -0.25) is 37.3 Å². The molecule has 0 spiro atoms. The molecule has 0 saturated heterocycles. The van der Waals surface area contributed by atoms with Gasteiger partial charge >= 0.3 is 39.5 Å². The Kier molecular flexibility index (Phi) is 70.6. The first-order chi connectivity index (χ1) is 49.2. The van der Waals surface area contributed by atoms with E-state index >= 15 is 0 Å². The molecule has 19 heteroatoms. The smallest absolute Gasteiger partial charge is 0.462 e. The van der Waals surface area contributed by atoms with Gasteiger partial charge in [-0.25, -0.2) is 9.13 Å². The van der Waals surface area contributed by atoms with E-state index in [-0.39, 0.29) is 25.7 Å². The molecule has 0 aromatic rings. The lowest BCUT2D eigenvalue weighted by atomic mass is 9.99. The van der Waals surface area contributed by atoms with Crippen LogP contribution in [0.3, 0.4) is 0 Å². The molecule has 4 unspecified atom stereocenters. The zero-order chi connectivity index (χ0) is 75.3. The number of esters is 4. The Morgan fingerprint density at radius 2 is 0.471 bits per heavy atom. The first-order valence-corrected chi connectivity index (χ1v) is 45.8. The van der Waals surface area contributed by atoms with Gasteiger partial charge in [-0.1, -0.05) is 376 Å². The number of aliphatic hydroxyl groups excluding tert-OH is 1. The topological polar surface area (TPSA) is 237 Å². The van der Waals surface area contributed by atoms with Crippen molar-refractivity contribution in [2.45, 2.75) is 446 Å². The van der Waals surface area contributed by atoms with Crippen molar-refractivity contribution >= 4 is 39.5 Å². The summed E-state index contributed by atoms with van der Waals surface area (Å²) in [5.41, 5.74) is 0. The van der Waals surface area contributed by atoms with Crippen LogP contribution in [0.5, 0.6) is 0 Å². The summed E-state index contributed by atoms with van der Waals surface area (Å²) in [6.45, 7) is 14.3. The summed E-state index contributed by atoms with van der Waals surface area (Å²) < 4.78 is 68.7. The molecule has 0 radical (unpaired) electrons. The van der Waals surface area contributed by atoms with Gasteiger partial charge in [-0.15, -0.1) is 0 Å². The highest BCUT2D eigenvalue weighted by molar-refractivity contribution is 7.47. The second-order valence-electron chi connectivity index (χ2n) is 31.3. The molecule has 0 rings (SSSR count). The van der Waals surface area contributed by atoms with Crippen LogP contribution in [-0.4, -0.2) is 96.7 Å². The van der Waals surface area contributed by atoms with Gasteiger partial charge in [0, 0.05) is 25.7 Å². The normalized spacial score (nSPS) is 14.5. The van der Waals surface area contributed by atoms with E-state index in [1.807, 2.05) is 0 Å². The highest BCUT2D eigenvalue weighted by Gasteiger charge is 2.30. The van der Waals surface area contributed by atoms with E-state index in [1.54, 1.807) is 0 Å². The highest BCUT2D eigenvalue weighted by Crippen LogP contribution is 2.45. The van der Waals surface area contributed by atoms with Crippen LogP contribution >= 0.6 is 15.6 Å². The number of hydrogen-bond donors (Lipinski definition) is 3. The summed E-state index contributed by atoms with van der Waals surface area (Å²) in [5.74, 6) is 1.04. The number of aliphatic hydroxyl groups is 1. The van der Waals surface area contributed by atoms with Crippen LogP contribution < -0.4 is 0 Å². The van der Waals surface area contributed by atoms with Gasteiger partial charge in [0.05, 0.1) is 26.4 Å². The van der Waals surface area contributed by atoms with Gasteiger partial charge in [0.2, 0.25) is 0 Å². The summed E-state index contributed by atoms with van der Waals surface area (Å²) in [5, 5.41) is 10.6. The molecule has 102 heavy (non-hydrogen) atoms. The van der Waals surface area contributed by atoms with Gasteiger partial charge in [0.25, 0.3) is 0 Å². The van der Waals surface area contributed by atoms with E-state index in [1.165, 1.54) is 225 Å². The molecule has 7 atom stereocenters. The van der Waals surface area contributed by atoms with Crippen LogP contribution in [-0.2, 0) is 65.4 Å². The first-order valence-electron chi connectivity index (χ1n) is 42.8. The molecule has 0 amide bonds. The Hall–Kier alpha value is -1.94. The molecule has 0 aliphatic carbocycles. The third kappa shape index (κ3) is 73.6. The molecule has 0 aliphatic rings. The number of unbranched alkanes of at least 4 members (excludes halogenated alkanes) is 44. The summed E-state index contributed by atoms with van der Waals surface area (Å²) in [6.07, 6.45) is 59.8. The zero-order valence-electron chi connectivity index (χ0n) is 67.2. The highest BCUT2D eigenvalue weighted by atomic mass is 31.2. The van der Waals surface area contributed by atoms with Crippen LogP contribution in [0.4, 0.5) is 0 Å². The van der Waals surface area contributed by atoms with Crippen molar-refractivity contribution in [3.05, 3.63) is 0 Å². The minimum absolute atomic E-state index is 0.105. The minimum Gasteiger partial charge on any atom is -0.462 e. The summed E-state index contributed by atoms with van der Waals surface area (Å²) in [6, 6.07) is 0. The van der Waals surface area contributed by atoms with Gasteiger partial charge in [0.15, 0.2) is 12.2 Å². The molecule has 606 valence electrons. The van der Waals surface area contributed by atoms with E-state index in [0.29, 0.717) is 31.6 Å². The maximum atomic E-state index is 13.1. The molecular weight excluding hydrogens is 1330 g/mol. The molecular formula is C83H162O17P2. The van der Waals surface area contributed by atoms with Crippen molar-refractivity contribution in [1.29, 1.82) is 0 Å². The maximum absolute atomic E-state index is 13.1. The molecule has 17 nitrogen and oxygen atoms in total. The molecule has 0 fully saturated rings. The second kappa shape index (κ2) is 72.0. The van der Waals surface area contributed by atoms with Crippen LogP contribution in [0.1, 0.15) is 428 Å². The summed E-state index contributed by atoms with van der Waals surface area (Å²) in [7, 11) is -9.92. The Morgan fingerprint density at radius 1 is 0.275 bits per heavy atom. The van der Waals surface area contributed by atoms with Gasteiger partial charge in [-0.05, 0) is 49.4 Å². The molecule has 3 N–H and O–H groups in total. The average molecular weight is 1490 g/mol. The lowest BCUT2D eigenvalue weighted by molar-refractivity contribution is -0.161. The summed E-state index contributed by atoms with van der Waals surface area (Å²) >= 11 is 0. The minimum atomic E-state index is -4.96.